The summed E-state index contributed by atoms with van der Waals surface area (Å²) in [6.07, 6.45) is 0.288. The monoisotopic (exact) mass is 487 g/mol. The van der Waals surface area contributed by atoms with E-state index in [1.165, 1.54) is 0 Å². The number of fused-ring (bicyclic) bond motifs is 2. The fraction of sp³-hybridized carbons (Fsp3) is 0.222. The number of rotatable bonds is 6. The van der Waals surface area contributed by atoms with Crippen molar-refractivity contribution in [2.45, 2.75) is 12.0 Å². The average molecular weight is 488 g/mol. The maximum atomic E-state index is 13.4. The zero-order chi connectivity index (χ0) is 25.3. The summed E-state index contributed by atoms with van der Waals surface area (Å²) in [5.41, 5.74) is 1.51. The maximum absolute atomic E-state index is 13.4. The number of nitrogens with zero attached hydrogens (tertiary/aromatic N) is 1. The van der Waals surface area contributed by atoms with Gasteiger partial charge in [0.1, 0.15) is 23.8 Å². The number of carbonyl (C=O) groups is 3. The quantitative estimate of drug-likeness (QED) is 0.515. The van der Waals surface area contributed by atoms with Gasteiger partial charge in [0.05, 0.1) is 20.8 Å². The van der Waals surface area contributed by atoms with E-state index < -0.39 is 29.9 Å². The van der Waals surface area contributed by atoms with E-state index in [1.807, 2.05) is 24.3 Å². The third-order valence-electron chi connectivity index (χ3n) is 6.44. The number of para-hydroxylation sites is 1. The van der Waals surface area contributed by atoms with Gasteiger partial charge in [-0.05, 0) is 42.0 Å². The summed E-state index contributed by atoms with van der Waals surface area (Å²) in [5, 5.41) is 5.59. The number of anilines is 1. The van der Waals surface area contributed by atoms with E-state index in [0.29, 0.717) is 22.7 Å². The molecule has 0 saturated carbocycles. The van der Waals surface area contributed by atoms with Crippen molar-refractivity contribution in [3.63, 3.8) is 0 Å². The molecule has 0 aliphatic carbocycles. The molecule has 1 saturated heterocycles. The summed E-state index contributed by atoms with van der Waals surface area (Å²) in [4.78, 5) is 40.0. The van der Waals surface area contributed by atoms with Crippen LogP contribution in [0.5, 0.6) is 17.2 Å². The lowest BCUT2D eigenvalue weighted by atomic mass is 9.84. The zero-order valence-electron chi connectivity index (χ0n) is 19.9. The summed E-state index contributed by atoms with van der Waals surface area (Å²) in [6, 6.07) is 19.2. The number of imide groups is 1. The highest BCUT2D eigenvalue weighted by Gasteiger charge is 2.55. The topological polar surface area (TPSA) is 106 Å². The number of ether oxygens (including phenoxy) is 3. The van der Waals surface area contributed by atoms with Crippen LogP contribution < -0.4 is 24.8 Å². The van der Waals surface area contributed by atoms with E-state index in [2.05, 4.69) is 10.6 Å². The van der Waals surface area contributed by atoms with Crippen LogP contribution in [0.4, 0.5) is 10.5 Å². The first-order chi connectivity index (χ1) is 17.4. The van der Waals surface area contributed by atoms with Crippen LogP contribution in [0, 0.1) is 0 Å². The van der Waals surface area contributed by atoms with Gasteiger partial charge in [0.25, 0.3) is 5.91 Å². The van der Waals surface area contributed by atoms with Crippen LogP contribution in [-0.4, -0.2) is 50.1 Å². The molecule has 0 unspecified atom stereocenters. The second kappa shape index (κ2) is 9.26. The molecule has 2 N–H and O–H groups in total. The highest BCUT2D eigenvalue weighted by molar-refractivity contribution is 6.10. The SMILES string of the molecule is COc1ccc(-c2cc(NC(=O)CN3C(=O)N[C@]4(CCOc5ccccc54)C3=O)ccc2OC)cc1. The van der Waals surface area contributed by atoms with Gasteiger partial charge in [-0.25, -0.2) is 4.79 Å². The van der Waals surface area contributed by atoms with Gasteiger partial charge in [-0.2, -0.15) is 0 Å². The van der Waals surface area contributed by atoms with Crippen LogP contribution in [0.3, 0.4) is 0 Å². The molecule has 0 radical (unpaired) electrons. The number of hydrogen-bond acceptors (Lipinski definition) is 6. The largest absolute Gasteiger partial charge is 0.497 e. The molecule has 2 aliphatic heterocycles. The summed E-state index contributed by atoms with van der Waals surface area (Å²) in [7, 11) is 3.17. The van der Waals surface area contributed by atoms with Crippen molar-refractivity contribution in [2.24, 2.45) is 0 Å². The number of benzene rings is 3. The van der Waals surface area contributed by atoms with E-state index in [9.17, 15) is 14.4 Å². The molecule has 0 aromatic heterocycles. The maximum Gasteiger partial charge on any atom is 0.325 e. The van der Waals surface area contributed by atoms with E-state index in [4.69, 9.17) is 14.2 Å². The third-order valence-corrected chi connectivity index (χ3v) is 6.44. The van der Waals surface area contributed by atoms with Gasteiger partial charge in [0.2, 0.25) is 5.91 Å². The van der Waals surface area contributed by atoms with Crippen molar-refractivity contribution >= 4 is 23.5 Å². The zero-order valence-corrected chi connectivity index (χ0v) is 19.9. The molecule has 3 aromatic carbocycles. The number of nitrogens with one attached hydrogen (secondary N) is 2. The van der Waals surface area contributed by atoms with Crippen LogP contribution in [0.1, 0.15) is 12.0 Å². The number of hydrogen-bond donors (Lipinski definition) is 2. The molecular formula is C27H25N3O6. The van der Waals surface area contributed by atoms with Gasteiger partial charge < -0.3 is 24.8 Å². The van der Waals surface area contributed by atoms with Crippen molar-refractivity contribution < 1.29 is 28.6 Å². The lowest BCUT2D eigenvalue weighted by Crippen LogP contribution is -2.48. The normalized spacial score (nSPS) is 18.3. The smallest absolute Gasteiger partial charge is 0.325 e. The standard InChI is InChI=1S/C27H25N3O6/c1-34-19-10-7-17(8-11-19)20-15-18(9-12-22(20)35-2)28-24(31)16-30-25(32)27(29-26(30)33)13-14-36-23-6-4-3-5-21(23)27/h3-12,15H,13-14,16H2,1-2H3,(H,28,31)(H,29,33)/t27-/m0/s1. The van der Waals surface area contributed by atoms with Crippen LogP contribution in [0.25, 0.3) is 11.1 Å². The van der Waals surface area contributed by atoms with Crippen molar-refractivity contribution in [3.05, 3.63) is 72.3 Å². The Morgan fingerprint density at radius 2 is 1.83 bits per heavy atom. The Kier molecular flexibility index (Phi) is 5.97. The Balaban J connectivity index is 1.34. The van der Waals surface area contributed by atoms with E-state index in [0.717, 1.165) is 21.8 Å². The number of urea groups is 1. The molecule has 3 aromatic rings. The number of carbonyl (C=O) groups excluding carboxylic acids is 3. The van der Waals surface area contributed by atoms with Crippen molar-refractivity contribution in [2.75, 3.05) is 32.7 Å². The molecule has 184 valence electrons. The van der Waals surface area contributed by atoms with Crippen LogP contribution in [0.2, 0.25) is 0 Å². The second-order valence-electron chi connectivity index (χ2n) is 8.51. The van der Waals surface area contributed by atoms with Gasteiger partial charge in [-0.15, -0.1) is 0 Å². The van der Waals surface area contributed by atoms with Gasteiger partial charge in [0, 0.05) is 23.2 Å². The minimum atomic E-state index is -1.23. The lowest BCUT2D eigenvalue weighted by molar-refractivity contribution is -0.135. The molecule has 4 amide bonds. The minimum Gasteiger partial charge on any atom is -0.497 e. The fourth-order valence-electron chi connectivity index (χ4n) is 4.64. The van der Waals surface area contributed by atoms with Crippen LogP contribution in [-0.2, 0) is 15.1 Å². The Bertz CT molecular complexity index is 1340. The van der Waals surface area contributed by atoms with Crippen molar-refractivity contribution in [1.82, 2.24) is 10.2 Å². The molecule has 1 spiro atoms. The first-order valence-electron chi connectivity index (χ1n) is 11.4. The van der Waals surface area contributed by atoms with Crippen LogP contribution in [0.15, 0.2) is 66.7 Å². The molecular weight excluding hydrogens is 462 g/mol. The predicted octanol–water partition coefficient (Wildman–Crippen LogP) is 3.54. The number of methoxy groups -OCH3 is 2. The molecule has 9 heteroatoms. The summed E-state index contributed by atoms with van der Waals surface area (Å²) < 4.78 is 16.4. The van der Waals surface area contributed by atoms with E-state index >= 15 is 0 Å². The molecule has 9 nitrogen and oxygen atoms in total. The van der Waals surface area contributed by atoms with Gasteiger partial charge in [0.15, 0.2) is 5.54 Å². The number of amides is 4. The second-order valence-corrected chi connectivity index (χ2v) is 8.51. The van der Waals surface area contributed by atoms with Gasteiger partial charge in [-0.1, -0.05) is 30.3 Å². The van der Waals surface area contributed by atoms with Gasteiger partial charge >= 0.3 is 6.03 Å². The predicted molar refractivity (Wildman–Crippen MR) is 132 cm³/mol. The summed E-state index contributed by atoms with van der Waals surface area (Å²) in [5.74, 6) is 0.940. The van der Waals surface area contributed by atoms with E-state index in [-0.39, 0.29) is 13.0 Å². The highest BCUT2D eigenvalue weighted by Crippen LogP contribution is 2.41. The van der Waals surface area contributed by atoms with Gasteiger partial charge in [-0.3, -0.25) is 14.5 Å². The highest BCUT2D eigenvalue weighted by atomic mass is 16.5. The molecule has 1 fully saturated rings. The Hall–Kier alpha value is -4.53. The van der Waals surface area contributed by atoms with Crippen LogP contribution >= 0.6 is 0 Å². The molecule has 0 bridgehead atoms. The molecule has 36 heavy (non-hydrogen) atoms. The molecule has 2 heterocycles. The first-order valence-corrected chi connectivity index (χ1v) is 11.4. The molecule has 1 atom stereocenters. The average Bonchev–Trinajstić information content (AvgIpc) is 3.13. The lowest BCUT2D eigenvalue weighted by Gasteiger charge is -2.33. The Morgan fingerprint density at radius 1 is 1.06 bits per heavy atom. The van der Waals surface area contributed by atoms with Crippen molar-refractivity contribution in [1.29, 1.82) is 0 Å². The van der Waals surface area contributed by atoms with E-state index in [1.54, 1.807) is 56.7 Å². The summed E-state index contributed by atoms with van der Waals surface area (Å²) in [6.45, 7) is -0.137. The Morgan fingerprint density at radius 3 is 2.58 bits per heavy atom. The van der Waals surface area contributed by atoms with Crippen molar-refractivity contribution in [3.8, 4) is 28.4 Å². The summed E-state index contributed by atoms with van der Waals surface area (Å²) >= 11 is 0. The first kappa shape index (κ1) is 23.2. The third kappa shape index (κ3) is 3.98. The molecule has 2 aliphatic rings. The molecule has 5 rings (SSSR count). The fourth-order valence-corrected chi connectivity index (χ4v) is 4.64. The minimum absolute atomic E-state index is 0.281. The Labute approximate surface area is 208 Å².